The summed E-state index contributed by atoms with van der Waals surface area (Å²) in [5.41, 5.74) is 0. The van der Waals surface area contributed by atoms with Crippen molar-refractivity contribution in [3.05, 3.63) is 11.6 Å². The Bertz CT molecular complexity index is 606. The number of hydrogen-bond donors (Lipinski definition) is 1. The number of carbonyl (C=O) groups is 2. The average Bonchev–Trinajstić information content (AvgIpc) is 3.18. The van der Waals surface area contributed by atoms with Crippen LogP contribution in [0.1, 0.15) is 50.2 Å². The van der Waals surface area contributed by atoms with Gasteiger partial charge in [-0.15, -0.1) is 0 Å². The van der Waals surface area contributed by atoms with Crippen molar-refractivity contribution in [2.75, 3.05) is 13.1 Å². The zero-order valence-electron chi connectivity index (χ0n) is 14.6. The molecule has 2 aliphatic rings. The number of aryl methyl sites for hydroxylation is 2. The molecular formula is C17H27N5O2. The Labute approximate surface area is 142 Å². The third-order valence-corrected chi connectivity index (χ3v) is 5.17. The van der Waals surface area contributed by atoms with Gasteiger partial charge in [0, 0.05) is 25.6 Å². The normalized spacial score (nSPS) is 22.2. The summed E-state index contributed by atoms with van der Waals surface area (Å²) in [6, 6.07) is 0.355. The van der Waals surface area contributed by atoms with Crippen LogP contribution in [-0.2, 0) is 16.1 Å². The topological polar surface area (TPSA) is 80.1 Å². The van der Waals surface area contributed by atoms with Crippen LogP contribution >= 0.6 is 0 Å². The number of carbonyl (C=O) groups excluding carboxylic acids is 2. The number of aromatic nitrogens is 3. The first-order valence-electron chi connectivity index (χ1n) is 9.00. The van der Waals surface area contributed by atoms with Gasteiger partial charge in [-0.25, -0.2) is 9.67 Å². The van der Waals surface area contributed by atoms with E-state index >= 15 is 0 Å². The van der Waals surface area contributed by atoms with Gasteiger partial charge in [-0.1, -0.05) is 12.8 Å². The second-order valence-corrected chi connectivity index (χ2v) is 6.94. The number of nitrogens with one attached hydrogen (secondary N) is 1. The van der Waals surface area contributed by atoms with Gasteiger partial charge in [0.2, 0.25) is 11.8 Å². The minimum absolute atomic E-state index is 0.0555. The molecule has 0 aromatic carbocycles. The lowest BCUT2D eigenvalue weighted by Crippen LogP contribution is -2.49. The molecular weight excluding hydrogens is 306 g/mol. The fourth-order valence-corrected chi connectivity index (χ4v) is 3.86. The van der Waals surface area contributed by atoms with E-state index in [1.165, 1.54) is 12.8 Å². The maximum absolute atomic E-state index is 12.5. The van der Waals surface area contributed by atoms with Gasteiger partial charge in [-0.3, -0.25) is 9.59 Å². The Hall–Kier alpha value is -1.92. The number of likely N-dealkylation sites (tertiary alicyclic amines) is 1. The molecule has 24 heavy (non-hydrogen) atoms. The van der Waals surface area contributed by atoms with Crippen molar-refractivity contribution in [2.45, 2.75) is 65.0 Å². The molecule has 1 aliphatic heterocycles. The van der Waals surface area contributed by atoms with Gasteiger partial charge < -0.3 is 10.2 Å². The van der Waals surface area contributed by atoms with E-state index in [0.29, 0.717) is 38.5 Å². The molecule has 3 rings (SSSR count). The maximum Gasteiger partial charge on any atom is 0.224 e. The highest BCUT2D eigenvalue weighted by atomic mass is 16.2. The zero-order chi connectivity index (χ0) is 17.1. The molecule has 1 aromatic rings. The van der Waals surface area contributed by atoms with Crippen LogP contribution in [0.3, 0.4) is 0 Å². The second-order valence-electron chi connectivity index (χ2n) is 6.94. The van der Waals surface area contributed by atoms with E-state index in [9.17, 15) is 9.59 Å². The molecule has 7 nitrogen and oxygen atoms in total. The first kappa shape index (κ1) is 16.9. The van der Waals surface area contributed by atoms with Crippen LogP contribution in [0, 0.1) is 19.8 Å². The van der Waals surface area contributed by atoms with E-state index in [-0.39, 0.29) is 17.7 Å². The van der Waals surface area contributed by atoms with E-state index in [1.807, 2.05) is 23.4 Å². The van der Waals surface area contributed by atoms with Crippen molar-refractivity contribution in [3.8, 4) is 0 Å². The number of nitrogens with zero attached hydrogens (tertiary/aromatic N) is 4. The summed E-state index contributed by atoms with van der Waals surface area (Å²) >= 11 is 0. The molecule has 1 saturated carbocycles. The van der Waals surface area contributed by atoms with Crippen molar-refractivity contribution in [3.63, 3.8) is 0 Å². The predicted octanol–water partition coefficient (Wildman–Crippen LogP) is 1.19. The average molecular weight is 333 g/mol. The molecule has 1 N–H and O–H groups in total. The summed E-state index contributed by atoms with van der Waals surface area (Å²) in [6.45, 7) is 5.51. The predicted molar refractivity (Wildman–Crippen MR) is 89.2 cm³/mol. The largest absolute Gasteiger partial charge is 0.354 e. The van der Waals surface area contributed by atoms with Gasteiger partial charge >= 0.3 is 0 Å². The maximum atomic E-state index is 12.5. The molecule has 0 spiro atoms. The first-order valence-corrected chi connectivity index (χ1v) is 9.00. The smallest absolute Gasteiger partial charge is 0.224 e. The van der Waals surface area contributed by atoms with E-state index < -0.39 is 0 Å². The molecule has 1 atom stereocenters. The molecule has 2 heterocycles. The van der Waals surface area contributed by atoms with Gasteiger partial charge in [-0.05, 0) is 33.1 Å². The van der Waals surface area contributed by atoms with Gasteiger partial charge in [0.25, 0.3) is 0 Å². The zero-order valence-corrected chi connectivity index (χ0v) is 14.6. The van der Waals surface area contributed by atoms with E-state index in [4.69, 9.17) is 0 Å². The minimum Gasteiger partial charge on any atom is -0.354 e. The molecule has 1 aliphatic carbocycles. The van der Waals surface area contributed by atoms with Crippen LogP contribution in [0.25, 0.3) is 0 Å². The molecule has 0 bridgehead atoms. The molecule has 1 aromatic heterocycles. The highest BCUT2D eigenvalue weighted by Crippen LogP contribution is 2.28. The fourth-order valence-electron chi connectivity index (χ4n) is 3.86. The van der Waals surface area contributed by atoms with Crippen LogP contribution in [0.15, 0.2) is 0 Å². The van der Waals surface area contributed by atoms with Crippen molar-refractivity contribution in [1.29, 1.82) is 0 Å². The van der Waals surface area contributed by atoms with E-state index in [0.717, 1.165) is 24.5 Å². The molecule has 7 heteroatoms. The Balaban J connectivity index is 1.49. The van der Waals surface area contributed by atoms with Crippen LogP contribution in [0.4, 0.5) is 0 Å². The molecule has 2 fully saturated rings. The summed E-state index contributed by atoms with van der Waals surface area (Å²) < 4.78 is 1.81. The number of piperidine rings is 1. The lowest BCUT2D eigenvalue weighted by molar-refractivity contribution is -0.140. The van der Waals surface area contributed by atoms with Crippen LogP contribution in [0.5, 0.6) is 0 Å². The summed E-state index contributed by atoms with van der Waals surface area (Å²) in [7, 11) is 0. The quantitative estimate of drug-likeness (QED) is 0.878. The Morgan fingerprint density at radius 2 is 2.00 bits per heavy atom. The van der Waals surface area contributed by atoms with Crippen molar-refractivity contribution in [1.82, 2.24) is 25.0 Å². The standard InChI is InChI=1S/C17H27N5O2/c1-12-19-13(2)22(20-12)10-9-18-17(24)14-7-8-16(23)21(11-14)15-5-3-4-6-15/h14-15H,3-11H2,1-2H3,(H,18,24)/t14-/m0/s1. The monoisotopic (exact) mass is 333 g/mol. The van der Waals surface area contributed by atoms with Gasteiger partial charge in [-0.2, -0.15) is 5.10 Å². The van der Waals surface area contributed by atoms with Gasteiger partial charge in [0.1, 0.15) is 11.6 Å². The lowest BCUT2D eigenvalue weighted by Gasteiger charge is -2.36. The van der Waals surface area contributed by atoms with E-state index in [1.54, 1.807) is 0 Å². The Kier molecular flexibility index (Phi) is 5.16. The molecule has 0 radical (unpaired) electrons. The summed E-state index contributed by atoms with van der Waals surface area (Å²) in [6.07, 6.45) is 5.73. The van der Waals surface area contributed by atoms with Gasteiger partial charge in [0.05, 0.1) is 12.5 Å². The number of amides is 2. The molecule has 0 unspecified atom stereocenters. The van der Waals surface area contributed by atoms with E-state index in [2.05, 4.69) is 15.4 Å². The lowest BCUT2D eigenvalue weighted by atomic mass is 9.95. The third kappa shape index (κ3) is 3.76. The SMILES string of the molecule is Cc1nc(C)n(CCNC(=O)[C@H]2CCC(=O)N(C3CCCC3)C2)n1. The fraction of sp³-hybridized carbons (Fsp3) is 0.765. The Morgan fingerprint density at radius 3 is 2.67 bits per heavy atom. The molecule has 132 valence electrons. The van der Waals surface area contributed by atoms with Crippen LogP contribution in [0.2, 0.25) is 0 Å². The van der Waals surface area contributed by atoms with Crippen LogP contribution in [-0.4, -0.2) is 50.6 Å². The number of rotatable bonds is 5. The summed E-state index contributed by atoms with van der Waals surface area (Å²) in [5.74, 6) is 1.80. The highest BCUT2D eigenvalue weighted by Gasteiger charge is 2.34. The highest BCUT2D eigenvalue weighted by molar-refractivity contribution is 5.84. The molecule has 1 saturated heterocycles. The third-order valence-electron chi connectivity index (χ3n) is 5.17. The first-order chi connectivity index (χ1) is 11.5. The van der Waals surface area contributed by atoms with Crippen LogP contribution < -0.4 is 5.32 Å². The van der Waals surface area contributed by atoms with Crippen molar-refractivity contribution in [2.24, 2.45) is 5.92 Å². The Morgan fingerprint density at radius 1 is 1.25 bits per heavy atom. The summed E-state index contributed by atoms with van der Waals surface area (Å²) in [5, 5.41) is 7.29. The second kappa shape index (κ2) is 7.32. The minimum atomic E-state index is -0.0816. The van der Waals surface area contributed by atoms with Gasteiger partial charge in [0.15, 0.2) is 0 Å². The van der Waals surface area contributed by atoms with Crippen molar-refractivity contribution >= 4 is 11.8 Å². The number of hydrogen-bond acceptors (Lipinski definition) is 4. The summed E-state index contributed by atoms with van der Waals surface area (Å²) in [4.78, 5) is 30.8. The van der Waals surface area contributed by atoms with Crippen molar-refractivity contribution < 1.29 is 9.59 Å². The molecule has 2 amide bonds.